The van der Waals surface area contributed by atoms with Gasteiger partial charge in [-0.3, -0.25) is 15.2 Å². The number of nitrogens with one attached hydrogen (secondary N) is 2. The van der Waals surface area contributed by atoms with Gasteiger partial charge in [0.2, 0.25) is 5.62 Å². The number of halogens is 2. The molecule has 1 atom stereocenters. The van der Waals surface area contributed by atoms with Crippen molar-refractivity contribution in [1.82, 2.24) is 19.4 Å². The van der Waals surface area contributed by atoms with Crippen LogP contribution in [-0.4, -0.2) is 20.0 Å². The van der Waals surface area contributed by atoms with E-state index in [1.807, 2.05) is 37.5 Å². The van der Waals surface area contributed by atoms with E-state index in [1.165, 1.54) is 18.2 Å². The lowest BCUT2D eigenvalue weighted by molar-refractivity contribution is 0.0930. The third kappa shape index (κ3) is 5.23. The number of amides is 1. The van der Waals surface area contributed by atoms with Crippen molar-refractivity contribution >= 4 is 5.91 Å². The number of aromatic nitrogens is 3. The van der Waals surface area contributed by atoms with Gasteiger partial charge >= 0.3 is 0 Å². The van der Waals surface area contributed by atoms with Crippen molar-refractivity contribution in [3.05, 3.63) is 106 Å². The fourth-order valence-electron chi connectivity index (χ4n) is 4.69. The van der Waals surface area contributed by atoms with E-state index in [1.54, 1.807) is 35.2 Å². The lowest BCUT2D eigenvalue weighted by atomic mass is 9.95. The lowest BCUT2D eigenvalue weighted by Gasteiger charge is -2.19. The number of aryl methyl sites for hydroxylation is 3. The molecule has 0 radical (unpaired) electrons. The molecule has 1 aliphatic rings. The van der Waals surface area contributed by atoms with Gasteiger partial charge in [-0.05, 0) is 97.3 Å². The highest BCUT2D eigenvalue weighted by atomic mass is 19.1. The maximum absolute atomic E-state index is 13.8. The number of pyridine rings is 1. The maximum Gasteiger partial charge on any atom is 0.251 e. The van der Waals surface area contributed by atoms with Gasteiger partial charge in [0.05, 0.1) is 24.0 Å². The van der Waals surface area contributed by atoms with Crippen LogP contribution in [0.3, 0.4) is 0 Å². The first-order valence-corrected chi connectivity index (χ1v) is 12.3. The molecule has 2 heterocycles. The third-order valence-corrected chi connectivity index (χ3v) is 6.93. The number of nitrogens with zero attached hydrogens (tertiary/aromatic N) is 3. The van der Waals surface area contributed by atoms with Crippen molar-refractivity contribution in [3.8, 4) is 11.1 Å². The SMILES string of the molecule is Cc1cc(F)ccc1-c1cc(Cn2ccn(C)c2=N)cc(C(=O)NC(c2ccc(F)c(C)n2)C2CC2)c1. The minimum absolute atomic E-state index is 0.257. The summed E-state index contributed by atoms with van der Waals surface area (Å²) in [5, 5.41) is 11.4. The Labute approximate surface area is 214 Å². The standard InChI is InChI=1S/C29H29F2N5O/c1-17-12-23(30)6-7-24(17)21-13-19(16-36-11-10-35(3)29(36)32)14-22(15-21)28(37)34-27(20-4-5-20)26-9-8-25(31)18(2)33-26/h6-15,20,27,32H,4-5,16H2,1-3H3,(H,34,37). The molecule has 0 aliphatic heterocycles. The predicted molar refractivity (Wildman–Crippen MR) is 137 cm³/mol. The summed E-state index contributed by atoms with van der Waals surface area (Å²) >= 11 is 0. The van der Waals surface area contributed by atoms with Gasteiger partial charge in [0.15, 0.2) is 0 Å². The van der Waals surface area contributed by atoms with Crippen LogP contribution < -0.4 is 10.9 Å². The van der Waals surface area contributed by atoms with E-state index in [2.05, 4.69) is 10.3 Å². The van der Waals surface area contributed by atoms with E-state index in [0.717, 1.165) is 35.1 Å². The second-order valence-corrected chi connectivity index (χ2v) is 9.83. The van der Waals surface area contributed by atoms with Crippen molar-refractivity contribution in [1.29, 1.82) is 5.41 Å². The Bertz CT molecular complexity index is 1550. The minimum atomic E-state index is -0.371. The first-order valence-electron chi connectivity index (χ1n) is 12.3. The number of benzene rings is 2. The molecule has 4 aromatic rings. The van der Waals surface area contributed by atoms with Gasteiger partial charge < -0.3 is 14.5 Å². The highest BCUT2D eigenvalue weighted by Gasteiger charge is 2.35. The van der Waals surface area contributed by atoms with Crippen molar-refractivity contribution in [3.63, 3.8) is 0 Å². The van der Waals surface area contributed by atoms with E-state index in [0.29, 0.717) is 29.1 Å². The Balaban J connectivity index is 1.52. The molecule has 190 valence electrons. The average molecular weight is 502 g/mol. The van der Waals surface area contributed by atoms with Crippen LogP contribution in [0.15, 0.2) is 60.9 Å². The van der Waals surface area contributed by atoms with Crippen LogP contribution in [-0.2, 0) is 13.6 Å². The van der Waals surface area contributed by atoms with Gasteiger partial charge in [-0.25, -0.2) is 8.78 Å². The van der Waals surface area contributed by atoms with E-state index in [9.17, 15) is 13.6 Å². The lowest BCUT2D eigenvalue weighted by Crippen LogP contribution is -2.31. The Hall–Kier alpha value is -4.07. The van der Waals surface area contributed by atoms with Crippen LogP contribution in [0.2, 0.25) is 0 Å². The Morgan fingerprint density at radius 1 is 1.11 bits per heavy atom. The molecule has 0 saturated heterocycles. The number of imidazole rings is 1. The summed E-state index contributed by atoms with van der Waals surface area (Å²) < 4.78 is 31.1. The van der Waals surface area contributed by atoms with Crippen molar-refractivity contribution < 1.29 is 13.6 Å². The first kappa shape index (κ1) is 24.6. The fourth-order valence-corrected chi connectivity index (χ4v) is 4.69. The second kappa shape index (κ2) is 9.76. The molecule has 8 heteroatoms. The quantitative estimate of drug-likeness (QED) is 0.366. The molecule has 0 bridgehead atoms. The van der Waals surface area contributed by atoms with Crippen molar-refractivity contribution in [2.24, 2.45) is 13.0 Å². The third-order valence-electron chi connectivity index (χ3n) is 6.93. The highest BCUT2D eigenvalue weighted by Crippen LogP contribution is 2.41. The molecule has 1 aliphatic carbocycles. The summed E-state index contributed by atoms with van der Waals surface area (Å²) in [6.45, 7) is 3.86. The highest BCUT2D eigenvalue weighted by molar-refractivity contribution is 5.96. The van der Waals surface area contributed by atoms with E-state index in [4.69, 9.17) is 5.41 Å². The van der Waals surface area contributed by atoms with E-state index < -0.39 is 0 Å². The van der Waals surface area contributed by atoms with Crippen molar-refractivity contribution in [2.75, 3.05) is 0 Å². The largest absolute Gasteiger partial charge is 0.343 e. The number of hydrogen-bond donors (Lipinski definition) is 2. The van der Waals surface area contributed by atoms with Gasteiger partial charge in [0.1, 0.15) is 11.6 Å². The smallest absolute Gasteiger partial charge is 0.251 e. The summed E-state index contributed by atoms with van der Waals surface area (Å²) in [6.07, 6.45) is 5.57. The normalized spacial score (nSPS) is 14.0. The van der Waals surface area contributed by atoms with Crippen LogP contribution in [0.25, 0.3) is 11.1 Å². The Kier molecular flexibility index (Phi) is 6.50. The summed E-state index contributed by atoms with van der Waals surface area (Å²) in [7, 11) is 1.80. The molecule has 1 fully saturated rings. The summed E-state index contributed by atoms with van der Waals surface area (Å²) in [5.41, 5.74) is 4.98. The Morgan fingerprint density at radius 3 is 2.54 bits per heavy atom. The maximum atomic E-state index is 13.8. The molecule has 1 amide bonds. The van der Waals surface area contributed by atoms with Gasteiger partial charge in [0, 0.05) is 25.0 Å². The fraction of sp³-hybridized carbons (Fsp3) is 0.276. The molecular weight excluding hydrogens is 472 g/mol. The second-order valence-electron chi connectivity index (χ2n) is 9.83. The van der Waals surface area contributed by atoms with Gasteiger partial charge in [-0.1, -0.05) is 6.07 Å². The molecule has 5 rings (SSSR count). The zero-order valence-electron chi connectivity index (χ0n) is 21.1. The van der Waals surface area contributed by atoms with Crippen molar-refractivity contribution in [2.45, 2.75) is 39.3 Å². The van der Waals surface area contributed by atoms with Gasteiger partial charge in [-0.15, -0.1) is 0 Å². The average Bonchev–Trinajstić information content (AvgIpc) is 3.66. The molecule has 37 heavy (non-hydrogen) atoms. The van der Waals surface area contributed by atoms with Crippen LogP contribution in [0.5, 0.6) is 0 Å². The first-order chi connectivity index (χ1) is 17.7. The Morgan fingerprint density at radius 2 is 1.89 bits per heavy atom. The van der Waals surface area contributed by atoms with Crippen LogP contribution in [0, 0.1) is 36.8 Å². The number of hydrogen-bond acceptors (Lipinski definition) is 3. The molecule has 2 aromatic carbocycles. The van der Waals surface area contributed by atoms with Gasteiger partial charge in [-0.2, -0.15) is 0 Å². The van der Waals surface area contributed by atoms with Crippen LogP contribution >= 0.6 is 0 Å². The van der Waals surface area contributed by atoms with E-state index >= 15 is 0 Å². The molecule has 2 N–H and O–H groups in total. The summed E-state index contributed by atoms with van der Waals surface area (Å²) in [4.78, 5) is 18.0. The molecular formula is C29H29F2N5O. The molecule has 2 aromatic heterocycles. The van der Waals surface area contributed by atoms with E-state index in [-0.39, 0.29) is 29.5 Å². The van der Waals surface area contributed by atoms with Gasteiger partial charge in [0.25, 0.3) is 5.91 Å². The predicted octanol–water partition coefficient (Wildman–Crippen LogP) is 5.19. The van der Waals surface area contributed by atoms with Crippen LogP contribution in [0.4, 0.5) is 8.78 Å². The monoisotopic (exact) mass is 501 g/mol. The topological polar surface area (TPSA) is 75.7 Å². The number of rotatable bonds is 7. The zero-order chi connectivity index (χ0) is 26.3. The summed E-state index contributed by atoms with van der Waals surface area (Å²) in [5.74, 6) is -0.686. The molecule has 1 saturated carbocycles. The number of carbonyl (C=O) groups is 1. The minimum Gasteiger partial charge on any atom is -0.343 e. The number of carbonyl (C=O) groups excluding carboxylic acids is 1. The molecule has 1 unspecified atom stereocenters. The van der Waals surface area contributed by atoms with Crippen LogP contribution in [0.1, 0.15) is 51.8 Å². The summed E-state index contributed by atoms with van der Waals surface area (Å²) in [6, 6.07) is 12.9. The molecule has 0 spiro atoms. The molecule has 6 nitrogen and oxygen atoms in total. The zero-order valence-corrected chi connectivity index (χ0v) is 21.1.